The molecule has 0 saturated carbocycles. The van der Waals surface area contributed by atoms with E-state index in [2.05, 4.69) is 191 Å². The minimum Gasteiger partial charge on any atom is -0.377 e. The first-order valence-corrected chi connectivity index (χ1v) is 17.5. The fourth-order valence-electron chi connectivity index (χ4n) is 5.87. The normalized spacial score (nSPS) is 14.3. The Bertz CT molecular complexity index is 1520. The van der Waals surface area contributed by atoms with Crippen molar-refractivity contribution in [2.45, 2.75) is 5.66 Å². The van der Waals surface area contributed by atoms with Crippen molar-refractivity contribution in [2.75, 3.05) is 76.0 Å². The molecular formula is C37H44N4P2. The van der Waals surface area contributed by atoms with Gasteiger partial charge in [-0.3, -0.25) is 0 Å². The van der Waals surface area contributed by atoms with Crippen LogP contribution in [0.3, 0.4) is 0 Å². The second-order valence-corrected chi connectivity index (χ2v) is 16.1. The number of anilines is 4. The van der Waals surface area contributed by atoms with E-state index in [0.717, 1.165) is 0 Å². The minimum atomic E-state index is -0.857. The highest BCUT2D eigenvalue weighted by molar-refractivity contribution is 7.80. The SMILES string of the molecule is CN(C)c1ccccc1P(C1=CC=CC1P(c1ccccc1N(C)C)c1ccccc1N(C)C)c1ccccc1N(C)C. The maximum Gasteiger partial charge on any atom is 0.0445 e. The van der Waals surface area contributed by atoms with Gasteiger partial charge in [-0.2, -0.15) is 0 Å². The van der Waals surface area contributed by atoms with Crippen LogP contribution in [-0.2, 0) is 0 Å². The molecule has 1 aliphatic carbocycles. The Hall–Kier alpha value is -3.58. The summed E-state index contributed by atoms with van der Waals surface area (Å²) in [4.78, 5) is 9.09. The Morgan fingerprint density at radius 2 is 0.767 bits per heavy atom. The lowest BCUT2D eigenvalue weighted by Gasteiger charge is -2.36. The molecule has 4 nitrogen and oxygen atoms in total. The van der Waals surface area contributed by atoms with Crippen molar-refractivity contribution in [1.82, 2.24) is 0 Å². The number of hydrogen-bond donors (Lipinski definition) is 0. The Morgan fingerprint density at radius 3 is 1.14 bits per heavy atom. The van der Waals surface area contributed by atoms with E-state index in [1.807, 2.05) is 0 Å². The Balaban J connectivity index is 1.79. The second-order valence-electron chi connectivity index (χ2n) is 11.7. The number of nitrogens with zero attached hydrogens (tertiary/aromatic N) is 4. The van der Waals surface area contributed by atoms with E-state index in [4.69, 9.17) is 0 Å². The molecule has 0 saturated heterocycles. The number of benzene rings is 4. The highest BCUT2D eigenvalue weighted by atomic mass is 31.1. The zero-order valence-electron chi connectivity index (χ0n) is 26.7. The van der Waals surface area contributed by atoms with Crippen molar-refractivity contribution >= 4 is 59.8 Å². The summed E-state index contributed by atoms with van der Waals surface area (Å²) in [5, 5.41) is 7.13. The highest BCUT2D eigenvalue weighted by Gasteiger charge is 2.37. The van der Waals surface area contributed by atoms with Crippen molar-refractivity contribution in [3.8, 4) is 0 Å². The molecule has 0 aliphatic heterocycles. The molecule has 6 heteroatoms. The third-order valence-corrected chi connectivity index (χ3v) is 13.5. The predicted molar refractivity (Wildman–Crippen MR) is 196 cm³/mol. The average molecular weight is 607 g/mol. The molecule has 4 aromatic carbocycles. The third kappa shape index (κ3) is 6.23. The Morgan fingerprint density at radius 1 is 0.442 bits per heavy atom. The topological polar surface area (TPSA) is 13.0 Å². The van der Waals surface area contributed by atoms with E-state index in [0.29, 0.717) is 0 Å². The smallest absolute Gasteiger partial charge is 0.0445 e. The van der Waals surface area contributed by atoms with Crippen molar-refractivity contribution in [3.05, 3.63) is 121 Å². The largest absolute Gasteiger partial charge is 0.377 e. The molecule has 4 aromatic rings. The van der Waals surface area contributed by atoms with Crippen LogP contribution in [0.1, 0.15) is 0 Å². The van der Waals surface area contributed by atoms with Crippen LogP contribution in [0.25, 0.3) is 0 Å². The van der Waals surface area contributed by atoms with Gasteiger partial charge < -0.3 is 19.6 Å². The zero-order chi connectivity index (χ0) is 30.7. The number of rotatable bonds is 10. The van der Waals surface area contributed by atoms with Crippen LogP contribution in [-0.4, -0.2) is 62.0 Å². The summed E-state index contributed by atoms with van der Waals surface area (Å²) in [6.45, 7) is 0. The van der Waals surface area contributed by atoms with Gasteiger partial charge in [-0.05, 0) is 45.4 Å². The summed E-state index contributed by atoms with van der Waals surface area (Å²) in [6, 6.07) is 36.0. The van der Waals surface area contributed by atoms with Crippen LogP contribution in [0.4, 0.5) is 22.7 Å². The summed E-state index contributed by atoms with van der Waals surface area (Å²) in [5.41, 5.74) is 5.37. The second kappa shape index (κ2) is 13.4. The van der Waals surface area contributed by atoms with Crippen LogP contribution in [0.15, 0.2) is 121 Å². The monoisotopic (exact) mass is 606 g/mol. The highest BCUT2D eigenvalue weighted by Crippen LogP contribution is 2.59. The van der Waals surface area contributed by atoms with Gasteiger partial charge in [-0.1, -0.05) is 91.0 Å². The summed E-state index contributed by atoms with van der Waals surface area (Å²) >= 11 is 0. The van der Waals surface area contributed by atoms with E-state index in [-0.39, 0.29) is 5.66 Å². The molecule has 0 N–H and O–H groups in total. The van der Waals surface area contributed by atoms with Crippen LogP contribution >= 0.6 is 15.8 Å². The van der Waals surface area contributed by atoms with Gasteiger partial charge in [-0.25, -0.2) is 0 Å². The van der Waals surface area contributed by atoms with Gasteiger partial charge in [0.15, 0.2) is 0 Å². The molecule has 0 radical (unpaired) electrons. The molecule has 0 fully saturated rings. The molecule has 1 unspecified atom stereocenters. The van der Waals surface area contributed by atoms with Crippen molar-refractivity contribution in [1.29, 1.82) is 0 Å². The zero-order valence-corrected chi connectivity index (χ0v) is 28.5. The number of allylic oxidation sites excluding steroid dienone is 4. The maximum absolute atomic E-state index is 2.48. The van der Waals surface area contributed by atoms with Crippen LogP contribution in [0, 0.1) is 0 Å². The maximum atomic E-state index is 2.48. The molecule has 0 bridgehead atoms. The number of para-hydroxylation sites is 4. The first-order chi connectivity index (χ1) is 20.7. The molecule has 0 spiro atoms. The van der Waals surface area contributed by atoms with E-state index >= 15 is 0 Å². The molecule has 0 amide bonds. The first-order valence-electron chi connectivity index (χ1n) is 14.7. The first kappa shape index (κ1) is 30.9. The van der Waals surface area contributed by atoms with Crippen molar-refractivity contribution in [2.24, 2.45) is 0 Å². The van der Waals surface area contributed by atoms with Crippen LogP contribution < -0.4 is 40.8 Å². The van der Waals surface area contributed by atoms with Gasteiger partial charge >= 0.3 is 0 Å². The summed E-state index contributed by atoms with van der Waals surface area (Å²) in [6.07, 6.45) is 7.23. The van der Waals surface area contributed by atoms with Gasteiger partial charge in [0.2, 0.25) is 0 Å². The van der Waals surface area contributed by atoms with Gasteiger partial charge in [0.25, 0.3) is 0 Å². The van der Waals surface area contributed by atoms with Gasteiger partial charge in [0.05, 0.1) is 0 Å². The quantitative estimate of drug-likeness (QED) is 0.196. The van der Waals surface area contributed by atoms with E-state index < -0.39 is 15.8 Å². The predicted octanol–water partition coefficient (Wildman–Crippen LogP) is 6.34. The third-order valence-electron chi connectivity index (χ3n) is 7.85. The van der Waals surface area contributed by atoms with E-state index in [9.17, 15) is 0 Å². The van der Waals surface area contributed by atoms with Crippen molar-refractivity contribution < 1.29 is 0 Å². The number of hydrogen-bond acceptors (Lipinski definition) is 4. The molecule has 43 heavy (non-hydrogen) atoms. The summed E-state index contributed by atoms with van der Waals surface area (Å²) in [7, 11) is 15.6. The van der Waals surface area contributed by atoms with Crippen LogP contribution in [0.2, 0.25) is 0 Å². The molecule has 222 valence electrons. The molecule has 0 aromatic heterocycles. The van der Waals surface area contributed by atoms with Crippen molar-refractivity contribution in [3.63, 3.8) is 0 Å². The van der Waals surface area contributed by atoms with Gasteiger partial charge in [0.1, 0.15) is 0 Å². The Labute approximate surface area is 261 Å². The lowest BCUT2D eigenvalue weighted by Crippen LogP contribution is -2.31. The lowest BCUT2D eigenvalue weighted by molar-refractivity contribution is 1.14. The Kier molecular flexibility index (Phi) is 9.60. The molecule has 0 heterocycles. The van der Waals surface area contributed by atoms with Gasteiger partial charge in [0, 0.05) is 106 Å². The molecule has 1 aliphatic rings. The summed E-state index contributed by atoms with van der Waals surface area (Å²) < 4.78 is 0. The molecular weight excluding hydrogens is 562 g/mol. The van der Waals surface area contributed by atoms with E-state index in [1.54, 1.807) is 0 Å². The van der Waals surface area contributed by atoms with Crippen LogP contribution in [0.5, 0.6) is 0 Å². The van der Waals surface area contributed by atoms with E-state index in [1.165, 1.54) is 49.3 Å². The molecule has 5 rings (SSSR count). The molecule has 1 atom stereocenters. The fraction of sp³-hybridized carbons (Fsp3) is 0.243. The summed E-state index contributed by atoms with van der Waals surface area (Å²) in [5.74, 6) is 0. The average Bonchev–Trinajstić information content (AvgIpc) is 3.47. The lowest BCUT2D eigenvalue weighted by atomic mass is 10.3. The standard InChI is InChI=1S/C37H44N4P2/c1-38(2)28-18-9-13-22-32(28)42(33-23-14-10-19-29(33)39(3)4)36-26-17-27-37(36)43(34-24-15-11-20-30(34)40(5)6)35-25-16-12-21-31(35)41(7)8/h9-27,36H,1-8H3. The fourth-order valence-corrected chi connectivity index (χ4v) is 12.5. The minimum absolute atomic E-state index is 0.244. The van der Waals surface area contributed by atoms with Gasteiger partial charge in [-0.15, -0.1) is 0 Å².